The van der Waals surface area contributed by atoms with Gasteiger partial charge < -0.3 is 9.47 Å². The first-order chi connectivity index (χ1) is 14.4. The molecule has 1 unspecified atom stereocenters. The lowest BCUT2D eigenvalue weighted by molar-refractivity contribution is -0.143. The van der Waals surface area contributed by atoms with Crippen LogP contribution < -0.4 is 9.46 Å². The molecule has 1 atom stereocenters. The Morgan fingerprint density at radius 1 is 1.17 bits per heavy atom. The van der Waals surface area contributed by atoms with Crippen LogP contribution in [-0.4, -0.2) is 38.6 Å². The maximum Gasteiger partial charge on any atom is 0.305 e. The Morgan fingerprint density at radius 2 is 1.90 bits per heavy atom. The second-order valence-corrected chi connectivity index (χ2v) is 8.82. The van der Waals surface area contributed by atoms with Crippen molar-refractivity contribution < 1.29 is 22.7 Å². The normalized spacial score (nSPS) is 12.3. The molecule has 2 rings (SSSR count). The van der Waals surface area contributed by atoms with Crippen LogP contribution in [0.25, 0.3) is 0 Å². The molecule has 164 valence electrons. The van der Waals surface area contributed by atoms with E-state index in [-0.39, 0.29) is 23.5 Å². The summed E-state index contributed by atoms with van der Waals surface area (Å²) < 4.78 is 38.2. The fraction of sp³-hybridized carbons (Fsp3) is 0.429. The van der Waals surface area contributed by atoms with E-state index in [1.807, 2.05) is 6.07 Å². The number of carbonyl (C=O) groups excluding carboxylic acids is 1. The maximum absolute atomic E-state index is 12.3. The van der Waals surface area contributed by atoms with Gasteiger partial charge in [-0.05, 0) is 69.0 Å². The number of hydrogen-bond acceptors (Lipinski definition) is 6. The van der Waals surface area contributed by atoms with Gasteiger partial charge in [0, 0.05) is 24.2 Å². The van der Waals surface area contributed by atoms with Crippen LogP contribution in [0, 0.1) is 0 Å². The highest BCUT2D eigenvalue weighted by atomic mass is 35.5. The van der Waals surface area contributed by atoms with Crippen molar-refractivity contribution in [1.29, 1.82) is 0 Å². The fourth-order valence-electron chi connectivity index (χ4n) is 2.81. The number of halogens is 1. The Hall–Kier alpha value is -2.16. The Morgan fingerprint density at radius 3 is 2.57 bits per heavy atom. The van der Waals surface area contributed by atoms with E-state index in [0.717, 1.165) is 0 Å². The van der Waals surface area contributed by atoms with E-state index in [4.69, 9.17) is 21.1 Å². The smallest absolute Gasteiger partial charge is 0.305 e. The van der Waals surface area contributed by atoms with Crippen LogP contribution in [0.2, 0.25) is 5.02 Å². The summed E-state index contributed by atoms with van der Waals surface area (Å²) in [6, 6.07) is 9.61. The molecule has 0 amide bonds. The lowest BCUT2D eigenvalue weighted by Crippen LogP contribution is -2.26. The van der Waals surface area contributed by atoms with E-state index in [1.54, 1.807) is 25.4 Å². The molecular weight excluding hydrogens is 428 g/mol. The highest BCUT2D eigenvalue weighted by Crippen LogP contribution is 2.18. The van der Waals surface area contributed by atoms with Gasteiger partial charge >= 0.3 is 5.97 Å². The number of carbonyl (C=O) groups is 1. The van der Waals surface area contributed by atoms with Gasteiger partial charge in [-0.1, -0.05) is 11.6 Å². The summed E-state index contributed by atoms with van der Waals surface area (Å²) in [7, 11) is -3.59. The summed E-state index contributed by atoms with van der Waals surface area (Å²) in [6.07, 6.45) is 5.93. The molecule has 2 aromatic rings. The van der Waals surface area contributed by atoms with Crippen molar-refractivity contribution in [2.24, 2.45) is 0 Å². The second kappa shape index (κ2) is 12.5. The molecule has 0 radical (unpaired) electrons. The number of nitrogens with zero attached hydrogens (tertiary/aromatic N) is 1. The largest absolute Gasteiger partial charge is 0.489 e. The Kier molecular flexibility index (Phi) is 10.1. The van der Waals surface area contributed by atoms with Crippen molar-refractivity contribution in [2.45, 2.75) is 50.0 Å². The molecule has 0 spiro atoms. The molecule has 9 heteroatoms. The minimum absolute atomic E-state index is 0.163. The number of ether oxygens (including phenoxy) is 2. The van der Waals surface area contributed by atoms with Crippen LogP contribution >= 0.6 is 11.6 Å². The van der Waals surface area contributed by atoms with Crippen LogP contribution in [0.3, 0.4) is 0 Å². The summed E-state index contributed by atoms with van der Waals surface area (Å²) >= 11 is 5.81. The number of sulfonamides is 1. The second-order valence-electron chi connectivity index (χ2n) is 6.62. The zero-order valence-electron chi connectivity index (χ0n) is 16.9. The average Bonchev–Trinajstić information content (AvgIpc) is 2.72. The van der Waals surface area contributed by atoms with Gasteiger partial charge in [-0.2, -0.15) is 0 Å². The first kappa shape index (κ1) is 24.1. The Labute approximate surface area is 182 Å². The number of rotatable bonds is 13. The molecule has 0 saturated carbocycles. The molecule has 7 nitrogen and oxygen atoms in total. The summed E-state index contributed by atoms with van der Waals surface area (Å²) in [6.45, 7) is 2.41. The number of esters is 1. The molecule has 0 bridgehead atoms. The number of hydrogen-bond donors (Lipinski definition) is 1. The van der Waals surface area contributed by atoms with Crippen molar-refractivity contribution in [3.63, 3.8) is 0 Å². The first-order valence-corrected chi connectivity index (χ1v) is 11.7. The third-order valence-electron chi connectivity index (χ3n) is 4.27. The minimum atomic E-state index is -3.59. The van der Waals surface area contributed by atoms with Crippen molar-refractivity contribution in [3.8, 4) is 5.75 Å². The predicted molar refractivity (Wildman–Crippen MR) is 115 cm³/mol. The molecule has 0 aliphatic rings. The lowest BCUT2D eigenvalue weighted by atomic mass is 10.1. The molecule has 1 N–H and O–H groups in total. The quantitative estimate of drug-likeness (QED) is 0.363. The van der Waals surface area contributed by atoms with E-state index >= 15 is 0 Å². The highest BCUT2D eigenvalue weighted by molar-refractivity contribution is 7.89. The molecule has 30 heavy (non-hydrogen) atoms. The van der Waals surface area contributed by atoms with E-state index in [0.29, 0.717) is 49.5 Å². The van der Waals surface area contributed by atoms with Gasteiger partial charge in [0.15, 0.2) is 0 Å². The lowest BCUT2D eigenvalue weighted by Gasteiger charge is -2.19. The fourth-order valence-corrected chi connectivity index (χ4v) is 4.01. The Balaban J connectivity index is 1.84. The van der Waals surface area contributed by atoms with Gasteiger partial charge in [0.2, 0.25) is 10.0 Å². The Bertz CT molecular complexity index is 876. The number of aromatic nitrogens is 1. The third-order valence-corrected chi connectivity index (χ3v) is 6.00. The summed E-state index contributed by atoms with van der Waals surface area (Å²) in [5.41, 5.74) is 0. The predicted octanol–water partition coefficient (Wildman–Crippen LogP) is 3.97. The third kappa shape index (κ3) is 8.69. The molecule has 0 fully saturated rings. The SMILES string of the molecule is CCOC(=O)CCCC(CCCNS(=O)(=O)c1ccc(Cl)cc1)Oc1cccnc1. The summed E-state index contributed by atoms with van der Waals surface area (Å²) in [4.78, 5) is 15.8. The number of benzene rings is 1. The van der Waals surface area contributed by atoms with Gasteiger partial charge in [0.1, 0.15) is 5.75 Å². The zero-order valence-corrected chi connectivity index (χ0v) is 18.5. The highest BCUT2D eigenvalue weighted by Gasteiger charge is 2.15. The summed E-state index contributed by atoms with van der Waals surface area (Å²) in [5, 5.41) is 0.479. The molecule has 0 aliphatic carbocycles. The van der Waals surface area contributed by atoms with Gasteiger partial charge in [-0.3, -0.25) is 9.78 Å². The van der Waals surface area contributed by atoms with Crippen molar-refractivity contribution >= 4 is 27.6 Å². The van der Waals surface area contributed by atoms with E-state index < -0.39 is 10.0 Å². The van der Waals surface area contributed by atoms with E-state index in [9.17, 15) is 13.2 Å². The van der Waals surface area contributed by atoms with E-state index in [2.05, 4.69) is 9.71 Å². The van der Waals surface area contributed by atoms with Crippen LogP contribution in [0.5, 0.6) is 5.75 Å². The molecule has 0 aliphatic heterocycles. The van der Waals surface area contributed by atoms with Crippen LogP contribution in [0.1, 0.15) is 39.0 Å². The maximum atomic E-state index is 12.3. The topological polar surface area (TPSA) is 94.6 Å². The standard InChI is InChI=1S/C21H27ClN2O5S/c1-2-28-21(25)9-3-6-18(29-19-8-4-14-23-16-19)7-5-15-24-30(26,27)20-12-10-17(22)11-13-20/h4,8,10-14,16,18,24H,2-3,5-7,9,15H2,1H3. The van der Waals surface area contributed by atoms with Gasteiger partial charge in [-0.25, -0.2) is 13.1 Å². The molecule has 0 saturated heterocycles. The monoisotopic (exact) mass is 454 g/mol. The van der Waals surface area contributed by atoms with Crippen molar-refractivity contribution in [1.82, 2.24) is 9.71 Å². The first-order valence-electron chi connectivity index (χ1n) is 9.88. The number of nitrogens with one attached hydrogen (secondary N) is 1. The van der Waals surface area contributed by atoms with Gasteiger partial charge in [0.25, 0.3) is 0 Å². The molecule has 1 heterocycles. The van der Waals surface area contributed by atoms with Crippen LogP contribution in [-0.2, 0) is 19.6 Å². The summed E-state index contributed by atoms with van der Waals surface area (Å²) in [5.74, 6) is 0.411. The van der Waals surface area contributed by atoms with Crippen LogP contribution in [0.15, 0.2) is 53.7 Å². The van der Waals surface area contributed by atoms with Crippen LogP contribution in [0.4, 0.5) is 0 Å². The van der Waals surface area contributed by atoms with Gasteiger partial charge in [-0.15, -0.1) is 0 Å². The van der Waals surface area contributed by atoms with E-state index in [1.165, 1.54) is 24.3 Å². The number of pyridine rings is 1. The molecular formula is C21H27ClN2O5S. The average molecular weight is 455 g/mol. The van der Waals surface area contributed by atoms with Crippen molar-refractivity contribution in [2.75, 3.05) is 13.2 Å². The zero-order chi connectivity index (χ0) is 21.8. The molecule has 1 aromatic heterocycles. The van der Waals surface area contributed by atoms with Gasteiger partial charge in [0.05, 0.1) is 23.8 Å². The van der Waals surface area contributed by atoms with Crippen molar-refractivity contribution in [3.05, 3.63) is 53.8 Å². The minimum Gasteiger partial charge on any atom is -0.489 e. The molecule has 1 aromatic carbocycles.